The van der Waals surface area contributed by atoms with E-state index in [2.05, 4.69) is 15.5 Å². The summed E-state index contributed by atoms with van der Waals surface area (Å²) in [6, 6.07) is 10.7. The minimum atomic E-state index is -0.171. The van der Waals surface area contributed by atoms with Gasteiger partial charge in [-0.3, -0.25) is 4.79 Å². The van der Waals surface area contributed by atoms with E-state index in [9.17, 15) is 4.79 Å². The fourth-order valence-electron chi connectivity index (χ4n) is 2.08. The Morgan fingerprint density at radius 3 is 2.92 bits per heavy atom. The van der Waals surface area contributed by atoms with Crippen LogP contribution in [0.4, 0.5) is 0 Å². The van der Waals surface area contributed by atoms with E-state index in [4.69, 9.17) is 13.7 Å². The van der Waals surface area contributed by atoms with E-state index in [0.29, 0.717) is 23.2 Å². The van der Waals surface area contributed by atoms with Crippen LogP contribution >= 0.6 is 0 Å². The summed E-state index contributed by atoms with van der Waals surface area (Å²) in [5, 5.41) is 6.70. The average molecular weight is 327 g/mol. The van der Waals surface area contributed by atoms with Gasteiger partial charge in [0.25, 0.3) is 11.8 Å². The van der Waals surface area contributed by atoms with Crippen LogP contribution in [-0.2, 0) is 4.79 Å². The van der Waals surface area contributed by atoms with Crippen molar-refractivity contribution in [3.63, 3.8) is 0 Å². The smallest absolute Gasteiger partial charge is 0.293 e. The number of nitrogens with zero attached hydrogens (tertiary/aromatic N) is 2. The van der Waals surface area contributed by atoms with Gasteiger partial charge in [-0.2, -0.15) is 4.98 Å². The summed E-state index contributed by atoms with van der Waals surface area (Å²) in [5.74, 6) is 1.61. The zero-order valence-electron chi connectivity index (χ0n) is 13.4. The second kappa shape index (κ2) is 6.99. The van der Waals surface area contributed by atoms with Crippen LogP contribution in [0.5, 0.6) is 5.75 Å². The fraction of sp³-hybridized carbons (Fsp3) is 0.235. The number of hydrogen-bond acceptors (Lipinski definition) is 6. The number of furan rings is 1. The van der Waals surface area contributed by atoms with E-state index < -0.39 is 0 Å². The third-order valence-corrected chi connectivity index (χ3v) is 3.07. The number of amides is 1. The van der Waals surface area contributed by atoms with E-state index in [1.165, 1.54) is 6.26 Å². The van der Waals surface area contributed by atoms with Gasteiger partial charge in [-0.25, -0.2) is 0 Å². The lowest BCUT2D eigenvalue weighted by Crippen LogP contribution is -2.34. The number of rotatable bonds is 6. The Morgan fingerprint density at radius 2 is 2.17 bits per heavy atom. The molecule has 0 unspecified atom stereocenters. The van der Waals surface area contributed by atoms with Crippen molar-refractivity contribution in [2.24, 2.45) is 0 Å². The Labute approximate surface area is 138 Å². The van der Waals surface area contributed by atoms with E-state index in [1.807, 2.05) is 19.9 Å². The molecular weight excluding hydrogens is 310 g/mol. The van der Waals surface area contributed by atoms with Crippen LogP contribution in [0.25, 0.3) is 23.0 Å². The number of aromatic nitrogens is 2. The highest BCUT2D eigenvalue weighted by Gasteiger charge is 2.13. The Morgan fingerprint density at radius 1 is 1.29 bits per heavy atom. The fourth-order valence-corrected chi connectivity index (χ4v) is 2.08. The molecule has 0 fully saturated rings. The molecule has 124 valence electrons. The Hall–Kier alpha value is -3.09. The SMILES string of the molecule is CC(C)NC(=O)COc1cccc(-c2noc(-c3ccco3)n2)c1. The molecule has 0 aliphatic rings. The van der Waals surface area contributed by atoms with Gasteiger partial charge in [0.15, 0.2) is 12.4 Å². The minimum Gasteiger partial charge on any atom is -0.484 e. The van der Waals surface area contributed by atoms with Gasteiger partial charge in [0.2, 0.25) is 5.82 Å². The molecule has 0 bridgehead atoms. The molecule has 0 aliphatic heterocycles. The van der Waals surface area contributed by atoms with Crippen molar-refractivity contribution in [3.8, 4) is 28.8 Å². The highest BCUT2D eigenvalue weighted by Crippen LogP contribution is 2.25. The predicted molar refractivity (Wildman–Crippen MR) is 86.2 cm³/mol. The molecule has 3 aromatic rings. The molecule has 7 nitrogen and oxygen atoms in total. The van der Waals surface area contributed by atoms with E-state index in [1.54, 1.807) is 30.3 Å². The molecule has 0 saturated heterocycles. The summed E-state index contributed by atoms with van der Waals surface area (Å²) in [6.07, 6.45) is 1.54. The van der Waals surface area contributed by atoms with Crippen molar-refractivity contribution in [3.05, 3.63) is 42.7 Å². The van der Waals surface area contributed by atoms with Crippen LogP contribution in [0.3, 0.4) is 0 Å². The molecule has 0 radical (unpaired) electrons. The monoisotopic (exact) mass is 327 g/mol. The first-order valence-corrected chi connectivity index (χ1v) is 7.52. The molecule has 0 aliphatic carbocycles. The van der Waals surface area contributed by atoms with Gasteiger partial charge in [-0.15, -0.1) is 0 Å². The molecule has 0 spiro atoms. The highest BCUT2D eigenvalue weighted by atomic mass is 16.5. The molecule has 2 aromatic heterocycles. The Balaban J connectivity index is 1.70. The van der Waals surface area contributed by atoms with Crippen molar-refractivity contribution in [1.82, 2.24) is 15.5 Å². The molecule has 0 atom stereocenters. The number of ether oxygens (including phenoxy) is 1. The molecule has 1 N–H and O–H groups in total. The number of benzene rings is 1. The number of carbonyl (C=O) groups excluding carboxylic acids is 1. The number of nitrogens with one attached hydrogen (secondary N) is 1. The molecule has 3 rings (SSSR count). The van der Waals surface area contributed by atoms with Crippen molar-refractivity contribution in [2.75, 3.05) is 6.61 Å². The maximum absolute atomic E-state index is 11.6. The van der Waals surface area contributed by atoms with E-state index >= 15 is 0 Å². The quantitative estimate of drug-likeness (QED) is 0.748. The summed E-state index contributed by atoms with van der Waals surface area (Å²) in [6.45, 7) is 3.74. The third kappa shape index (κ3) is 3.81. The Kier molecular flexibility index (Phi) is 4.60. The number of hydrogen-bond donors (Lipinski definition) is 1. The lowest BCUT2D eigenvalue weighted by molar-refractivity contribution is -0.123. The minimum absolute atomic E-state index is 0.0501. The van der Waals surface area contributed by atoms with Crippen LogP contribution in [0.15, 0.2) is 51.6 Å². The first-order chi connectivity index (χ1) is 11.6. The van der Waals surface area contributed by atoms with E-state index in [-0.39, 0.29) is 18.6 Å². The van der Waals surface area contributed by atoms with Gasteiger partial charge in [-0.1, -0.05) is 17.3 Å². The molecule has 7 heteroatoms. The topological polar surface area (TPSA) is 90.4 Å². The second-order valence-corrected chi connectivity index (χ2v) is 5.44. The highest BCUT2D eigenvalue weighted by molar-refractivity contribution is 5.77. The third-order valence-electron chi connectivity index (χ3n) is 3.07. The second-order valence-electron chi connectivity index (χ2n) is 5.44. The Bertz CT molecular complexity index is 809. The lowest BCUT2D eigenvalue weighted by Gasteiger charge is -2.10. The van der Waals surface area contributed by atoms with Crippen LogP contribution in [-0.4, -0.2) is 28.7 Å². The maximum atomic E-state index is 11.6. The standard InChI is InChI=1S/C17H17N3O4/c1-11(2)18-15(21)10-23-13-6-3-5-12(9-13)16-19-17(24-20-16)14-7-4-8-22-14/h3-9,11H,10H2,1-2H3,(H,18,21). The first-order valence-electron chi connectivity index (χ1n) is 7.52. The largest absolute Gasteiger partial charge is 0.484 e. The van der Waals surface area contributed by atoms with Gasteiger partial charge >= 0.3 is 0 Å². The van der Waals surface area contributed by atoms with Gasteiger partial charge in [0, 0.05) is 11.6 Å². The summed E-state index contributed by atoms with van der Waals surface area (Å²) in [5.41, 5.74) is 0.721. The summed E-state index contributed by atoms with van der Waals surface area (Å²) < 4.78 is 15.9. The van der Waals surface area contributed by atoms with Gasteiger partial charge in [-0.05, 0) is 38.1 Å². The van der Waals surface area contributed by atoms with Crippen LogP contribution in [0, 0.1) is 0 Å². The number of carbonyl (C=O) groups is 1. The molecule has 1 amide bonds. The van der Waals surface area contributed by atoms with Crippen LogP contribution in [0.2, 0.25) is 0 Å². The lowest BCUT2D eigenvalue weighted by atomic mass is 10.2. The summed E-state index contributed by atoms with van der Waals surface area (Å²) in [7, 11) is 0. The first kappa shape index (κ1) is 15.8. The predicted octanol–water partition coefficient (Wildman–Crippen LogP) is 2.90. The molecule has 1 aromatic carbocycles. The van der Waals surface area contributed by atoms with Gasteiger partial charge < -0.3 is 19.0 Å². The molecule has 2 heterocycles. The molecular formula is C17H17N3O4. The molecule has 0 saturated carbocycles. The van der Waals surface area contributed by atoms with Crippen molar-refractivity contribution < 1.29 is 18.5 Å². The zero-order chi connectivity index (χ0) is 16.9. The van der Waals surface area contributed by atoms with Crippen molar-refractivity contribution in [2.45, 2.75) is 19.9 Å². The maximum Gasteiger partial charge on any atom is 0.293 e. The molecule has 24 heavy (non-hydrogen) atoms. The normalized spacial score (nSPS) is 10.8. The van der Waals surface area contributed by atoms with E-state index in [0.717, 1.165) is 5.56 Å². The van der Waals surface area contributed by atoms with Gasteiger partial charge in [0.05, 0.1) is 6.26 Å². The van der Waals surface area contributed by atoms with Crippen molar-refractivity contribution >= 4 is 5.91 Å². The average Bonchev–Trinajstić information content (AvgIpc) is 3.23. The van der Waals surface area contributed by atoms with Gasteiger partial charge in [0.1, 0.15) is 5.75 Å². The van der Waals surface area contributed by atoms with Crippen LogP contribution in [0.1, 0.15) is 13.8 Å². The summed E-state index contributed by atoms with van der Waals surface area (Å²) in [4.78, 5) is 15.9. The van der Waals surface area contributed by atoms with Crippen LogP contribution < -0.4 is 10.1 Å². The summed E-state index contributed by atoms with van der Waals surface area (Å²) >= 11 is 0. The van der Waals surface area contributed by atoms with Crippen molar-refractivity contribution in [1.29, 1.82) is 0 Å². The zero-order valence-corrected chi connectivity index (χ0v) is 13.4.